The molecule has 0 saturated carbocycles. The molecule has 0 spiro atoms. The Balaban J connectivity index is 3.51. The van der Waals surface area contributed by atoms with Gasteiger partial charge in [0, 0.05) is 0 Å². The second-order valence-electron chi connectivity index (χ2n) is 0.333. The predicted molar refractivity (Wildman–Crippen MR) is 14.0 cm³/mol. The molecule has 0 bridgehead atoms. The Hall–Kier alpha value is 0.666. The molecular formula is MgO2P. The highest BCUT2D eigenvalue weighted by molar-refractivity contribution is 7.61. The lowest BCUT2D eigenvalue weighted by atomic mass is 15.9. The maximum atomic E-state index is 9.05. The molecule has 0 aliphatic carbocycles. The first-order valence-corrected chi connectivity index (χ1v) is 3.94. The SMILES string of the molecule is O=[P](=O)[Mg]. The number of hydrogen-bond acceptors (Lipinski definition) is 2. The van der Waals surface area contributed by atoms with Crippen LogP contribution in [0.1, 0.15) is 0 Å². The lowest BCUT2D eigenvalue weighted by Crippen LogP contribution is -1.22. The van der Waals surface area contributed by atoms with Crippen molar-refractivity contribution in [1.82, 2.24) is 0 Å². The second-order valence-corrected chi connectivity index (χ2v) is 2.55. The van der Waals surface area contributed by atoms with Gasteiger partial charge in [-0.3, -0.25) is 9.13 Å². The van der Waals surface area contributed by atoms with Gasteiger partial charge < -0.3 is 0 Å². The first-order chi connectivity index (χ1) is 1.73. The van der Waals surface area contributed by atoms with E-state index in [1.165, 1.54) is 0 Å². The molecule has 0 aromatic carbocycles. The van der Waals surface area contributed by atoms with E-state index in [2.05, 4.69) is 0 Å². The minimum atomic E-state index is -2.09. The van der Waals surface area contributed by atoms with Crippen molar-refractivity contribution in [3.05, 3.63) is 0 Å². The minimum absolute atomic E-state index is 0.957. The highest BCUT2D eigenvalue weighted by atomic mass is 31.2. The first-order valence-electron chi connectivity index (χ1n) is 0.681. The molecule has 19 valence electrons. The third kappa shape index (κ3) is 16.7. The Bertz CT molecular complexity index is 54.4. The number of hydrogen-bond donors (Lipinski definition) is 0. The van der Waals surface area contributed by atoms with E-state index < -0.39 is 5.47 Å². The molecule has 0 aromatic heterocycles. The van der Waals surface area contributed by atoms with Crippen molar-refractivity contribution in [3.8, 4) is 0 Å². The number of rotatable bonds is 0. The van der Waals surface area contributed by atoms with E-state index in [0.717, 1.165) is 21.2 Å². The van der Waals surface area contributed by atoms with Crippen molar-refractivity contribution in [2.75, 3.05) is 0 Å². The van der Waals surface area contributed by atoms with Crippen molar-refractivity contribution < 1.29 is 9.13 Å². The van der Waals surface area contributed by atoms with E-state index in [-0.39, 0.29) is 0 Å². The average Bonchev–Trinajstić information content (AvgIpc) is 0.811. The van der Waals surface area contributed by atoms with Crippen molar-refractivity contribution in [2.45, 2.75) is 0 Å². The largest absolute Gasteiger partial charge is 0.458 e. The van der Waals surface area contributed by atoms with Crippen molar-refractivity contribution in [2.24, 2.45) is 0 Å². The van der Waals surface area contributed by atoms with Gasteiger partial charge in [0.2, 0.25) is 0 Å². The zero-order valence-electron chi connectivity index (χ0n) is 1.97. The summed E-state index contributed by atoms with van der Waals surface area (Å²) in [6.45, 7) is 0. The second kappa shape index (κ2) is 1.94. The molecule has 0 rings (SSSR count). The molecule has 0 aliphatic rings. The molecule has 0 unspecified atom stereocenters. The van der Waals surface area contributed by atoms with E-state index >= 15 is 0 Å². The van der Waals surface area contributed by atoms with E-state index in [1.807, 2.05) is 0 Å². The maximum Gasteiger partial charge on any atom is 0.458 e. The highest BCUT2D eigenvalue weighted by Crippen LogP contribution is 1.83. The summed E-state index contributed by atoms with van der Waals surface area (Å²) in [5.41, 5.74) is -2.09. The molecule has 0 fully saturated rings. The fourth-order valence-corrected chi connectivity index (χ4v) is 0. The molecule has 0 aromatic rings. The van der Waals surface area contributed by atoms with Gasteiger partial charge in [-0.2, -0.15) is 0 Å². The standard InChI is InChI=1S/Mg.O2P/c;1-3-2. The lowest BCUT2D eigenvalue weighted by Gasteiger charge is -1.36. The minimum Gasteiger partial charge on any atom is -0.281 e. The fourth-order valence-electron chi connectivity index (χ4n) is 0. The van der Waals surface area contributed by atoms with Crippen LogP contribution in [0.4, 0.5) is 0 Å². The zero-order chi connectivity index (χ0) is 3.58. The van der Waals surface area contributed by atoms with Crippen LogP contribution in [0, 0.1) is 0 Å². The van der Waals surface area contributed by atoms with Crippen LogP contribution in [-0.4, -0.2) is 21.2 Å². The van der Waals surface area contributed by atoms with Crippen LogP contribution in [0.25, 0.3) is 0 Å². The Morgan fingerprint density at radius 2 is 1.50 bits per heavy atom. The van der Waals surface area contributed by atoms with E-state index in [0.29, 0.717) is 0 Å². The summed E-state index contributed by atoms with van der Waals surface area (Å²) in [7, 11) is 0. The molecule has 0 heterocycles. The maximum absolute atomic E-state index is 9.05. The van der Waals surface area contributed by atoms with E-state index in [1.54, 1.807) is 0 Å². The Kier molecular flexibility index (Phi) is 2.26. The smallest absolute Gasteiger partial charge is 0.281 e. The van der Waals surface area contributed by atoms with E-state index in [9.17, 15) is 0 Å². The third-order valence-electron chi connectivity index (χ3n) is 0. The summed E-state index contributed by atoms with van der Waals surface area (Å²) < 4.78 is 18.1. The molecule has 1 radical (unpaired) electrons. The van der Waals surface area contributed by atoms with Gasteiger partial charge in [0.25, 0.3) is 0 Å². The van der Waals surface area contributed by atoms with Crippen LogP contribution in [0.3, 0.4) is 0 Å². The molecule has 0 atom stereocenters. The quantitative estimate of drug-likeness (QED) is 0.313. The van der Waals surface area contributed by atoms with Gasteiger partial charge in [-0.25, -0.2) is 0 Å². The molecule has 2 nitrogen and oxygen atoms in total. The van der Waals surface area contributed by atoms with Crippen LogP contribution < -0.4 is 0 Å². The normalized spacial score (nSPS) is 5.75. The van der Waals surface area contributed by atoms with Gasteiger partial charge in [-0.05, 0) is 0 Å². The van der Waals surface area contributed by atoms with Gasteiger partial charge in [0.15, 0.2) is 0 Å². The molecule has 0 N–H and O–H groups in total. The van der Waals surface area contributed by atoms with Crippen molar-refractivity contribution in [3.63, 3.8) is 0 Å². The summed E-state index contributed by atoms with van der Waals surface area (Å²) in [6, 6.07) is 0. The van der Waals surface area contributed by atoms with Crippen LogP contribution in [0.5, 0.6) is 0 Å². The monoisotopic (exact) mass is 86.9 g/mol. The Morgan fingerprint density at radius 3 is 1.50 bits per heavy atom. The van der Waals surface area contributed by atoms with Gasteiger partial charge in [0.05, 0.1) is 0 Å². The van der Waals surface area contributed by atoms with Crippen LogP contribution in [0.2, 0.25) is 0 Å². The Labute approximate surface area is 36.2 Å². The van der Waals surface area contributed by atoms with Gasteiger partial charge in [-0.15, -0.1) is 0 Å². The predicted octanol–water partition coefficient (Wildman–Crippen LogP) is 0.243. The summed E-state index contributed by atoms with van der Waals surface area (Å²) in [6.07, 6.45) is 0. The highest BCUT2D eigenvalue weighted by Gasteiger charge is 1.56. The van der Waals surface area contributed by atoms with Crippen LogP contribution in [-0.2, 0) is 9.13 Å². The molecule has 4 heteroatoms. The summed E-state index contributed by atoms with van der Waals surface area (Å²) >= 11 is 0.957. The average molecular weight is 87.3 g/mol. The molecule has 0 amide bonds. The first kappa shape index (κ1) is 4.67. The van der Waals surface area contributed by atoms with Crippen molar-refractivity contribution >= 4 is 26.6 Å². The molecule has 0 aliphatic heterocycles. The Morgan fingerprint density at radius 1 is 1.50 bits per heavy atom. The lowest BCUT2D eigenvalue weighted by molar-refractivity contribution is 0.526. The van der Waals surface area contributed by atoms with E-state index in [4.69, 9.17) is 9.13 Å². The molecule has 4 heavy (non-hydrogen) atoms. The van der Waals surface area contributed by atoms with Crippen LogP contribution >= 0.6 is 5.47 Å². The summed E-state index contributed by atoms with van der Waals surface area (Å²) in [5.74, 6) is 0. The van der Waals surface area contributed by atoms with Gasteiger partial charge in [0.1, 0.15) is 5.47 Å². The topological polar surface area (TPSA) is 34.1 Å². The van der Waals surface area contributed by atoms with Gasteiger partial charge >= 0.3 is 21.2 Å². The fraction of sp³-hybridized carbons (Fsp3) is 0. The third-order valence-corrected chi connectivity index (χ3v) is 0. The van der Waals surface area contributed by atoms with Crippen molar-refractivity contribution in [1.29, 1.82) is 0 Å². The summed E-state index contributed by atoms with van der Waals surface area (Å²) in [4.78, 5) is 0. The molecular weight excluding hydrogens is 87.3 g/mol. The van der Waals surface area contributed by atoms with Gasteiger partial charge in [-0.1, -0.05) is 0 Å². The summed E-state index contributed by atoms with van der Waals surface area (Å²) in [5, 5.41) is 0. The zero-order valence-corrected chi connectivity index (χ0v) is 4.28. The van der Waals surface area contributed by atoms with Crippen LogP contribution in [0.15, 0.2) is 0 Å². The molecule has 0 saturated heterocycles.